The second-order valence-electron chi connectivity index (χ2n) is 8.62. The summed E-state index contributed by atoms with van der Waals surface area (Å²) in [7, 11) is 0. The summed E-state index contributed by atoms with van der Waals surface area (Å²) >= 11 is 6.25. The average molecular weight is 453 g/mol. The molecule has 1 aromatic heterocycles. The van der Waals surface area contributed by atoms with Crippen LogP contribution in [0.3, 0.4) is 0 Å². The number of urea groups is 1. The number of nitrogen functional groups attached to an aromatic ring is 1. The van der Waals surface area contributed by atoms with Crippen LogP contribution in [-0.4, -0.2) is 28.1 Å². The Morgan fingerprint density at radius 2 is 1.84 bits per heavy atom. The van der Waals surface area contributed by atoms with E-state index in [-0.39, 0.29) is 17.5 Å². The molecule has 2 aromatic carbocycles. The van der Waals surface area contributed by atoms with Crippen LogP contribution in [0, 0.1) is 6.92 Å². The number of rotatable bonds is 6. The molecule has 32 heavy (non-hydrogen) atoms. The smallest absolute Gasteiger partial charge is 0.319 e. The largest absolute Gasteiger partial charge is 0.370 e. The van der Waals surface area contributed by atoms with Gasteiger partial charge in [0.15, 0.2) is 0 Å². The van der Waals surface area contributed by atoms with E-state index in [2.05, 4.69) is 25.9 Å². The standard InChI is InChI=1S/C24H29ClN6O/c1-15-18(9-6-10-19(15)25)20-14-21(30-22(26)29-20)27-12-11-16-7-5-8-17(13-16)28-23(32)31-24(2,3)4/h5-10,13-14H,11-12H2,1-4H3,(H2,28,31,32)(H3,26,27,29,30). The number of halogens is 1. The van der Waals surface area contributed by atoms with Gasteiger partial charge in [0.25, 0.3) is 0 Å². The molecular weight excluding hydrogens is 424 g/mol. The van der Waals surface area contributed by atoms with Crippen LogP contribution < -0.4 is 21.7 Å². The van der Waals surface area contributed by atoms with E-state index in [0.717, 1.165) is 34.5 Å². The van der Waals surface area contributed by atoms with Gasteiger partial charge in [0, 0.05) is 34.4 Å². The van der Waals surface area contributed by atoms with Crippen molar-refractivity contribution in [2.75, 3.05) is 22.9 Å². The highest BCUT2D eigenvalue weighted by Gasteiger charge is 2.13. The van der Waals surface area contributed by atoms with E-state index < -0.39 is 0 Å². The SMILES string of the molecule is Cc1c(Cl)cccc1-c1cc(NCCc2cccc(NC(=O)NC(C)(C)C)c2)nc(N)n1. The number of carbonyl (C=O) groups excluding carboxylic acids is 1. The molecule has 2 amide bonds. The average Bonchev–Trinajstić information content (AvgIpc) is 2.68. The van der Waals surface area contributed by atoms with Crippen molar-refractivity contribution in [3.63, 3.8) is 0 Å². The van der Waals surface area contributed by atoms with Crippen molar-refractivity contribution in [1.29, 1.82) is 0 Å². The van der Waals surface area contributed by atoms with Crippen molar-refractivity contribution in [2.24, 2.45) is 0 Å². The van der Waals surface area contributed by atoms with Gasteiger partial charge >= 0.3 is 6.03 Å². The molecular formula is C24H29ClN6O. The molecule has 0 aliphatic heterocycles. The maximum absolute atomic E-state index is 12.1. The number of hydrogen-bond acceptors (Lipinski definition) is 5. The summed E-state index contributed by atoms with van der Waals surface area (Å²) in [5.74, 6) is 0.839. The Morgan fingerprint density at radius 3 is 2.59 bits per heavy atom. The van der Waals surface area contributed by atoms with E-state index in [4.69, 9.17) is 17.3 Å². The first-order valence-corrected chi connectivity index (χ1v) is 10.8. The molecule has 3 aromatic rings. The molecule has 0 spiro atoms. The molecule has 8 heteroatoms. The van der Waals surface area contributed by atoms with Gasteiger partial charge in [-0.2, -0.15) is 4.98 Å². The normalized spacial score (nSPS) is 11.2. The Kier molecular flexibility index (Phi) is 7.20. The van der Waals surface area contributed by atoms with Gasteiger partial charge in [0.2, 0.25) is 5.95 Å². The monoisotopic (exact) mass is 452 g/mol. The lowest BCUT2D eigenvalue weighted by atomic mass is 10.1. The van der Waals surface area contributed by atoms with Crippen molar-refractivity contribution in [3.8, 4) is 11.3 Å². The van der Waals surface area contributed by atoms with Gasteiger partial charge in [-0.3, -0.25) is 0 Å². The zero-order chi connectivity index (χ0) is 23.3. The predicted octanol–water partition coefficient (Wildman–Crippen LogP) is 5.26. The van der Waals surface area contributed by atoms with Crippen LogP contribution in [-0.2, 0) is 6.42 Å². The van der Waals surface area contributed by atoms with E-state index in [1.807, 2.05) is 76.2 Å². The van der Waals surface area contributed by atoms with E-state index >= 15 is 0 Å². The van der Waals surface area contributed by atoms with E-state index in [1.54, 1.807) is 0 Å². The van der Waals surface area contributed by atoms with Crippen molar-refractivity contribution >= 4 is 35.1 Å². The summed E-state index contributed by atoms with van der Waals surface area (Å²) in [4.78, 5) is 20.7. The molecule has 0 saturated carbocycles. The summed E-state index contributed by atoms with van der Waals surface area (Å²) in [5, 5.41) is 9.74. The van der Waals surface area contributed by atoms with E-state index in [0.29, 0.717) is 17.4 Å². The Hall–Kier alpha value is -3.32. The molecule has 0 aliphatic carbocycles. The summed E-state index contributed by atoms with van der Waals surface area (Å²) in [5.41, 5.74) is 10.0. The first-order chi connectivity index (χ1) is 15.1. The lowest BCUT2D eigenvalue weighted by molar-refractivity contribution is 0.244. The number of nitrogens with two attached hydrogens (primary N) is 1. The third-order valence-electron chi connectivity index (χ3n) is 4.68. The van der Waals surface area contributed by atoms with Gasteiger partial charge in [0.05, 0.1) is 5.69 Å². The molecule has 3 rings (SSSR count). The lowest BCUT2D eigenvalue weighted by Crippen LogP contribution is -2.43. The minimum absolute atomic E-state index is 0.195. The van der Waals surface area contributed by atoms with Gasteiger partial charge < -0.3 is 21.7 Å². The number of carbonyl (C=O) groups is 1. The Balaban J connectivity index is 1.64. The molecule has 0 radical (unpaired) electrons. The molecule has 0 aliphatic rings. The highest BCUT2D eigenvalue weighted by Crippen LogP contribution is 2.28. The molecule has 0 atom stereocenters. The van der Waals surface area contributed by atoms with Crippen LogP contribution >= 0.6 is 11.6 Å². The maximum Gasteiger partial charge on any atom is 0.319 e. The lowest BCUT2D eigenvalue weighted by Gasteiger charge is -2.20. The predicted molar refractivity (Wildman–Crippen MR) is 132 cm³/mol. The number of anilines is 3. The third-order valence-corrected chi connectivity index (χ3v) is 5.09. The summed E-state index contributed by atoms with van der Waals surface area (Å²) in [6.45, 7) is 8.41. The Labute approximate surface area is 193 Å². The second kappa shape index (κ2) is 9.87. The zero-order valence-electron chi connectivity index (χ0n) is 18.8. The highest BCUT2D eigenvalue weighted by molar-refractivity contribution is 6.31. The molecule has 0 saturated heterocycles. The molecule has 168 valence electrons. The first kappa shape index (κ1) is 23.3. The third kappa shape index (κ3) is 6.59. The molecule has 1 heterocycles. The fraction of sp³-hybridized carbons (Fsp3) is 0.292. The van der Waals surface area contributed by atoms with Crippen LogP contribution in [0.4, 0.5) is 22.2 Å². The van der Waals surface area contributed by atoms with Gasteiger partial charge in [-0.05, 0) is 63.4 Å². The van der Waals surface area contributed by atoms with Crippen molar-refractivity contribution < 1.29 is 4.79 Å². The number of nitrogens with one attached hydrogen (secondary N) is 3. The maximum atomic E-state index is 12.1. The van der Waals surface area contributed by atoms with E-state index in [9.17, 15) is 4.79 Å². The van der Waals surface area contributed by atoms with Crippen molar-refractivity contribution in [2.45, 2.75) is 39.7 Å². The van der Waals surface area contributed by atoms with Crippen LogP contribution in [0.1, 0.15) is 31.9 Å². The van der Waals surface area contributed by atoms with E-state index in [1.165, 1.54) is 0 Å². The number of nitrogens with zero attached hydrogens (tertiary/aromatic N) is 2. The van der Waals surface area contributed by atoms with Crippen LogP contribution in [0.15, 0.2) is 48.5 Å². The molecule has 0 fully saturated rings. The quantitative estimate of drug-likeness (QED) is 0.408. The Morgan fingerprint density at radius 1 is 1.09 bits per heavy atom. The zero-order valence-corrected chi connectivity index (χ0v) is 19.5. The fourth-order valence-corrected chi connectivity index (χ4v) is 3.40. The summed E-state index contributed by atoms with van der Waals surface area (Å²) < 4.78 is 0. The number of aromatic nitrogens is 2. The van der Waals surface area contributed by atoms with Crippen LogP contribution in [0.5, 0.6) is 0 Å². The van der Waals surface area contributed by atoms with Gasteiger partial charge in [-0.25, -0.2) is 9.78 Å². The van der Waals surface area contributed by atoms with Crippen LogP contribution in [0.25, 0.3) is 11.3 Å². The Bertz CT molecular complexity index is 1110. The second-order valence-corrected chi connectivity index (χ2v) is 9.02. The molecule has 0 bridgehead atoms. The van der Waals surface area contributed by atoms with Crippen LogP contribution in [0.2, 0.25) is 5.02 Å². The van der Waals surface area contributed by atoms with Gasteiger partial charge in [0.1, 0.15) is 5.82 Å². The summed E-state index contributed by atoms with van der Waals surface area (Å²) in [6, 6.07) is 15.1. The fourth-order valence-electron chi connectivity index (χ4n) is 3.22. The van der Waals surface area contributed by atoms with Crippen molar-refractivity contribution in [3.05, 3.63) is 64.7 Å². The molecule has 5 N–H and O–H groups in total. The minimum Gasteiger partial charge on any atom is -0.370 e. The number of amides is 2. The topological polar surface area (TPSA) is 105 Å². The minimum atomic E-state index is -0.298. The first-order valence-electron chi connectivity index (χ1n) is 10.4. The summed E-state index contributed by atoms with van der Waals surface area (Å²) in [6.07, 6.45) is 0.742. The van der Waals surface area contributed by atoms with Crippen molar-refractivity contribution in [1.82, 2.24) is 15.3 Å². The van der Waals surface area contributed by atoms with Gasteiger partial charge in [-0.15, -0.1) is 0 Å². The van der Waals surface area contributed by atoms with Gasteiger partial charge in [-0.1, -0.05) is 35.9 Å². The highest BCUT2D eigenvalue weighted by atomic mass is 35.5. The molecule has 7 nitrogen and oxygen atoms in total. The number of hydrogen-bond donors (Lipinski definition) is 4. The number of benzene rings is 2. The molecule has 0 unspecified atom stereocenters.